The summed E-state index contributed by atoms with van der Waals surface area (Å²) in [5.41, 5.74) is 0.681. The Labute approximate surface area is 184 Å². The standard InChI is InChI=1S/C24H29BO6/c1-7-8-12-21(26)28-15-18-11-9-10-17-13-19(29-16-27-6)14-20(22(17)18)25-30-23(2,3)24(4,5)31-25/h1,9-11,13-14H,8,12,15-16H2,2-6H3. The van der Waals surface area contributed by atoms with Crippen LogP contribution in [0.25, 0.3) is 10.8 Å². The van der Waals surface area contributed by atoms with Gasteiger partial charge in [-0.25, -0.2) is 0 Å². The molecule has 1 saturated heterocycles. The second-order valence-electron chi connectivity index (χ2n) is 8.53. The fourth-order valence-corrected chi connectivity index (χ4v) is 3.40. The molecule has 31 heavy (non-hydrogen) atoms. The molecule has 0 atom stereocenters. The first-order chi connectivity index (χ1) is 14.7. The summed E-state index contributed by atoms with van der Waals surface area (Å²) in [7, 11) is 0.972. The van der Waals surface area contributed by atoms with Gasteiger partial charge in [0.2, 0.25) is 0 Å². The van der Waals surface area contributed by atoms with Crippen LogP contribution in [0.1, 0.15) is 46.1 Å². The Morgan fingerprint density at radius 1 is 1.16 bits per heavy atom. The lowest BCUT2D eigenvalue weighted by atomic mass is 9.75. The summed E-state index contributed by atoms with van der Waals surface area (Å²) >= 11 is 0. The molecule has 0 N–H and O–H groups in total. The molecule has 0 amide bonds. The Hall–Kier alpha value is -2.53. The van der Waals surface area contributed by atoms with Gasteiger partial charge in [0, 0.05) is 13.5 Å². The van der Waals surface area contributed by atoms with Gasteiger partial charge in [-0.1, -0.05) is 18.2 Å². The second kappa shape index (κ2) is 9.31. The minimum atomic E-state index is -0.600. The highest BCUT2D eigenvalue weighted by Gasteiger charge is 2.52. The van der Waals surface area contributed by atoms with Crippen LogP contribution in [0.5, 0.6) is 5.75 Å². The molecule has 0 aromatic heterocycles. The largest absolute Gasteiger partial charge is 0.495 e. The Balaban J connectivity index is 2.03. The molecule has 0 unspecified atom stereocenters. The number of hydrogen-bond acceptors (Lipinski definition) is 6. The number of fused-ring (bicyclic) bond motifs is 1. The maximum Gasteiger partial charge on any atom is 0.495 e. The third-order valence-corrected chi connectivity index (χ3v) is 5.78. The molecule has 3 rings (SSSR count). The number of terminal acetylenes is 1. The normalized spacial score (nSPS) is 16.8. The molecule has 7 heteroatoms. The summed E-state index contributed by atoms with van der Waals surface area (Å²) in [6.07, 6.45) is 5.78. The second-order valence-corrected chi connectivity index (χ2v) is 8.53. The predicted molar refractivity (Wildman–Crippen MR) is 120 cm³/mol. The molecule has 1 aliphatic rings. The van der Waals surface area contributed by atoms with Crippen molar-refractivity contribution in [3.8, 4) is 18.1 Å². The van der Waals surface area contributed by atoms with E-state index in [-0.39, 0.29) is 25.8 Å². The summed E-state index contributed by atoms with van der Waals surface area (Å²) in [5.74, 6) is 2.77. The highest BCUT2D eigenvalue weighted by molar-refractivity contribution is 6.65. The van der Waals surface area contributed by atoms with Crippen molar-refractivity contribution in [3.63, 3.8) is 0 Å². The third-order valence-electron chi connectivity index (χ3n) is 5.78. The van der Waals surface area contributed by atoms with Crippen molar-refractivity contribution in [3.05, 3.63) is 35.9 Å². The van der Waals surface area contributed by atoms with Crippen LogP contribution in [-0.4, -0.2) is 38.2 Å². The molecule has 0 bridgehead atoms. The van der Waals surface area contributed by atoms with Crippen molar-refractivity contribution in [1.82, 2.24) is 0 Å². The van der Waals surface area contributed by atoms with Gasteiger partial charge in [0.05, 0.1) is 17.6 Å². The van der Waals surface area contributed by atoms with E-state index in [0.29, 0.717) is 12.2 Å². The summed E-state index contributed by atoms with van der Waals surface area (Å²) < 4.78 is 28.9. The first kappa shape index (κ1) is 23.1. The Morgan fingerprint density at radius 3 is 2.52 bits per heavy atom. The van der Waals surface area contributed by atoms with Gasteiger partial charge < -0.3 is 23.5 Å². The molecule has 1 fully saturated rings. The van der Waals surface area contributed by atoms with Crippen LogP contribution < -0.4 is 10.2 Å². The monoisotopic (exact) mass is 424 g/mol. The lowest BCUT2D eigenvalue weighted by Crippen LogP contribution is -2.41. The van der Waals surface area contributed by atoms with Gasteiger partial charge in [-0.2, -0.15) is 0 Å². The summed E-state index contributed by atoms with van der Waals surface area (Å²) in [6, 6.07) is 9.65. The average molecular weight is 424 g/mol. The Bertz CT molecular complexity index is 975. The average Bonchev–Trinajstić information content (AvgIpc) is 2.95. The summed E-state index contributed by atoms with van der Waals surface area (Å²) in [5, 5.41) is 1.84. The molecule has 0 spiro atoms. The lowest BCUT2D eigenvalue weighted by molar-refractivity contribution is -0.144. The molecule has 0 saturated carbocycles. The first-order valence-electron chi connectivity index (χ1n) is 10.3. The van der Waals surface area contributed by atoms with E-state index in [2.05, 4.69) is 5.92 Å². The van der Waals surface area contributed by atoms with E-state index < -0.39 is 18.3 Å². The van der Waals surface area contributed by atoms with Crippen molar-refractivity contribution in [2.75, 3.05) is 13.9 Å². The van der Waals surface area contributed by atoms with E-state index in [1.165, 1.54) is 0 Å². The molecule has 6 nitrogen and oxygen atoms in total. The minimum Gasteiger partial charge on any atom is -0.468 e. The molecule has 2 aromatic rings. The molecular formula is C24H29BO6. The molecule has 2 aromatic carbocycles. The van der Waals surface area contributed by atoms with Gasteiger partial charge in [0.15, 0.2) is 6.79 Å². The zero-order chi connectivity index (χ0) is 22.6. The van der Waals surface area contributed by atoms with E-state index in [9.17, 15) is 4.79 Å². The fourth-order valence-electron chi connectivity index (χ4n) is 3.40. The number of carbonyl (C=O) groups is 1. The van der Waals surface area contributed by atoms with Crippen LogP contribution in [0.15, 0.2) is 30.3 Å². The first-order valence-corrected chi connectivity index (χ1v) is 10.3. The maximum absolute atomic E-state index is 12.0. The zero-order valence-corrected chi connectivity index (χ0v) is 18.8. The topological polar surface area (TPSA) is 63.2 Å². The molecular weight excluding hydrogens is 395 g/mol. The minimum absolute atomic E-state index is 0.126. The van der Waals surface area contributed by atoms with Crippen LogP contribution in [0, 0.1) is 12.3 Å². The van der Waals surface area contributed by atoms with Crippen LogP contribution >= 0.6 is 0 Å². The molecule has 0 aliphatic carbocycles. The van der Waals surface area contributed by atoms with Gasteiger partial charge in [0.1, 0.15) is 12.4 Å². The van der Waals surface area contributed by atoms with Gasteiger partial charge in [-0.15, -0.1) is 12.3 Å². The van der Waals surface area contributed by atoms with E-state index >= 15 is 0 Å². The van der Waals surface area contributed by atoms with Gasteiger partial charge in [0.25, 0.3) is 0 Å². The highest BCUT2D eigenvalue weighted by atomic mass is 16.7. The molecule has 164 valence electrons. The number of methoxy groups -OCH3 is 1. The number of hydrogen-bond donors (Lipinski definition) is 0. The number of esters is 1. The van der Waals surface area contributed by atoms with Crippen LogP contribution in [0.2, 0.25) is 0 Å². The quantitative estimate of drug-likeness (QED) is 0.280. The molecule has 0 radical (unpaired) electrons. The van der Waals surface area contributed by atoms with Gasteiger partial charge in [-0.05, 0) is 61.6 Å². The van der Waals surface area contributed by atoms with E-state index in [1.807, 2.05) is 58.0 Å². The number of ether oxygens (including phenoxy) is 3. The third kappa shape index (κ3) is 5.04. The molecule has 1 heterocycles. The van der Waals surface area contributed by atoms with Crippen LogP contribution in [0.3, 0.4) is 0 Å². The highest BCUT2D eigenvalue weighted by Crippen LogP contribution is 2.37. The lowest BCUT2D eigenvalue weighted by Gasteiger charge is -2.32. The van der Waals surface area contributed by atoms with Crippen molar-refractivity contribution in [2.45, 2.75) is 58.3 Å². The molecule has 1 aliphatic heterocycles. The van der Waals surface area contributed by atoms with Crippen molar-refractivity contribution in [1.29, 1.82) is 0 Å². The number of benzene rings is 2. The smallest absolute Gasteiger partial charge is 0.468 e. The van der Waals surface area contributed by atoms with Crippen molar-refractivity contribution >= 4 is 29.3 Å². The summed E-state index contributed by atoms with van der Waals surface area (Å²) in [4.78, 5) is 12.0. The fraction of sp³-hybridized carbons (Fsp3) is 0.458. The van der Waals surface area contributed by atoms with Crippen LogP contribution in [0.4, 0.5) is 0 Å². The zero-order valence-electron chi connectivity index (χ0n) is 18.8. The summed E-state index contributed by atoms with van der Waals surface area (Å²) in [6.45, 7) is 8.29. The SMILES string of the molecule is C#CCCC(=O)OCc1cccc2cc(OCOC)cc(B3OC(C)(C)C(C)(C)O3)c12. The number of carbonyl (C=O) groups excluding carboxylic acids is 1. The van der Waals surface area contributed by atoms with E-state index in [4.69, 9.17) is 29.9 Å². The Kier molecular flexibility index (Phi) is 6.95. The van der Waals surface area contributed by atoms with E-state index in [1.54, 1.807) is 7.11 Å². The maximum atomic E-state index is 12.0. The number of rotatable bonds is 8. The van der Waals surface area contributed by atoms with E-state index in [0.717, 1.165) is 21.8 Å². The van der Waals surface area contributed by atoms with Gasteiger partial charge >= 0.3 is 13.1 Å². The van der Waals surface area contributed by atoms with Crippen molar-refractivity contribution < 1.29 is 28.3 Å². The Morgan fingerprint density at radius 2 is 1.87 bits per heavy atom. The predicted octanol–water partition coefficient (Wildman–Crippen LogP) is 3.58. The van der Waals surface area contributed by atoms with Crippen LogP contribution in [-0.2, 0) is 30.2 Å². The van der Waals surface area contributed by atoms with Crippen molar-refractivity contribution in [2.24, 2.45) is 0 Å². The van der Waals surface area contributed by atoms with Gasteiger partial charge in [-0.3, -0.25) is 4.79 Å².